The molecule has 0 N–H and O–H groups in total. The molecule has 2 nitrogen and oxygen atoms in total. The minimum absolute atomic E-state index is 0.813. The molecule has 60 valence electrons. The lowest BCUT2D eigenvalue weighted by molar-refractivity contribution is 1.36. The van der Waals surface area contributed by atoms with Crippen LogP contribution in [-0.4, -0.2) is 12.0 Å². The van der Waals surface area contributed by atoms with E-state index in [-0.39, 0.29) is 0 Å². The lowest BCUT2D eigenvalue weighted by Gasteiger charge is -2.12. The first-order valence-electron chi connectivity index (χ1n) is 3.85. The first-order chi connectivity index (χ1) is 5.92. The topological polar surface area (TPSA) is 27.0 Å². The van der Waals surface area contributed by atoms with Crippen LogP contribution < -0.4 is 0 Å². The summed E-state index contributed by atoms with van der Waals surface area (Å²) in [6.07, 6.45) is 1.78. The second-order valence-electron chi connectivity index (χ2n) is 2.58. The van der Waals surface area contributed by atoms with Gasteiger partial charge in [0.05, 0.1) is 0 Å². The van der Waals surface area contributed by atoms with E-state index in [9.17, 15) is 0 Å². The summed E-state index contributed by atoms with van der Waals surface area (Å²) in [6, 6.07) is 10.1. The maximum Gasteiger partial charge on any atom is -0.0189 e. The van der Waals surface area contributed by atoms with Crippen molar-refractivity contribution < 1.29 is 0 Å². The number of nitrogens with zero attached hydrogens (tertiary/aromatic N) is 2. The highest BCUT2D eigenvalue weighted by Crippen LogP contribution is 2.24. The van der Waals surface area contributed by atoms with Crippen molar-refractivity contribution in [3.05, 3.63) is 41.8 Å². The molecule has 0 unspecified atom stereocenters. The first kappa shape index (κ1) is 7.10. The van der Waals surface area contributed by atoms with E-state index < -0.39 is 0 Å². The van der Waals surface area contributed by atoms with Gasteiger partial charge in [0.2, 0.25) is 0 Å². The van der Waals surface area contributed by atoms with Crippen LogP contribution in [0.15, 0.2) is 36.5 Å². The summed E-state index contributed by atoms with van der Waals surface area (Å²) in [5.74, 6) is 0.813. The van der Waals surface area contributed by atoms with Crippen LogP contribution in [0, 0.1) is 0 Å². The molecule has 0 aliphatic heterocycles. The second kappa shape index (κ2) is 2.81. The molecule has 1 aromatic carbocycles. The summed E-state index contributed by atoms with van der Waals surface area (Å²) in [4.78, 5) is 4.16. The Hall–Kier alpha value is -1.57. The number of pyridine rings is 1. The van der Waals surface area contributed by atoms with Gasteiger partial charge in [-0.3, -0.25) is 0 Å². The predicted octanol–water partition coefficient (Wildman–Crippen LogP) is 2.87. The summed E-state index contributed by atoms with van der Waals surface area (Å²) in [5, 5.41) is 6.39. The normalized spacial score (nSPS) is 10.1. The molecule has 0 amide bonds. The number of fused-ring (bicyclic) bond motifs is 1. The van der Waals surface area contributed by atoms with Gasteiger partial charge in [-0.1, -0.05) is 49.4 Å². The summed E-state index contributed by atoms with van der Waals surface area (Å²) >= 11 is 0. The number of benzene rings is 1. The minimum atomic E-state index is 0.813. The molecule has 1 aromatic heterocycles. The van der Waals surface area contributed by atoms with E-state index >= 15 is 0 Å². The smallest absolute Gasteiger partial charge is 0.0189 e. The maximum atomic E-state index is 4.16. The fourth-order valence-electron chi connectivity index (χ4n) is 1.28. The van der Waals surface area contributed by atoms with E-state index in [1.807, 2.05) is 24.3 Å². The van der Waals surface area contributed by atoms with Crippen LogP contribution in [0.5, 0.6) is 0 Å². The van der Waals surface area contributed by atoms with E-state index in [0.717, 1.165) is 11.2 Å². The molecule has 0 fully saturated rings. The van der Waals surface area contributed by atoms with Crippen molar-refractivity contribution in [3.63, 3.8) is 0 Å². The van der Waals surface area contributed by atoms with Crippen molar-refractivity contribution in [1.29, 1.82) is 0 Å². The Morgan fingerprint density at radius 1 is 1.17 bits per heavy atom. The molecule has 0 saturated heterocycles. The SMILES string of the molecule is C[N-]c1nccc2ccccc12. The number of hydrogen-bond donors (Lipinski definition) is 0. The Labute approximate surface area is 71.2 Å². The molecular weight excluding hydrogens is 148 g/mol. The lowest BCUT2D eigenvalue weighted by atomic mass is 10.2. The zero-order valence-electron chi connectivity index (χ0n) is 6.86. The van der Waals surface area contributed by atoms with E-state index in [1.165, 1.54) is 5.39 Å². The fourth-order valence-corrected chi connectivity index (χ4v) is 1.28. The van der Waals surface area contributed by atoms with E-state index in [1.54, 1.807) is 13.2 Å². The largest absolute Gasteiger partial charge is 0.468 e. The third-order valence-corrected chi connectivity index (χ3v) is 1.86. The standard InChI is InChI=1S/C10H9N2/c1-11-10-9-5-3-2-4-8(9)6-7-12-10/h2-7H,1H3/q-1. The van der Waals surface area contributed by atoms with Gasteiger partial charge in [-0.2, -0.15) is 0 Å². The van der Waals surface area contributed by atoms with E-state index in [4.69, 9.17) is 0 Å². The van der Waals surface area contributed by atoms with Crippen molar-refractivity contribution >= 4 is 16.6 Å². The van der Waals surface area contributed by atoms with Crippen LogP contribution >= 0.6 is 0 Å². The average Bonchev–Trinajstić information content (AvgIpc) is 2.17. The van der Waals surface area contributed by atoms with Gasteiger partial charge in [0.25, 0.3) is 0 Å². The Morgan fingerprint density at radius 2 is 2.00 bits per heavy atom. The summed E-state index contributed by atoms with van der Waals surface area (Å²) in [7, 11) is 1.76. The average molecular weight is 157 g/mol. The monoisotopic (exact) mass is 157 g/mol. The van der Waals surface area contributed by atoms with Crippen molar-refractivity contribution in [3.8, 4) is 0 Å². The minimum Gasteiger partial charge on any atom is -0.468 e. The highest BCUT2D eigenvalue weighted by atomic mass is 14.9. The number of hydrogen-bond acceptors (Lipinski definition) is 1. The Morgan fingerprint density at radius 3 is 2.83 bits per heavy atom. The lowest BCUT2D eigenvalue weighted by Crippen LogP contribution is -1.77. The Bertz CT molecular complexity index is 390. The molecular formula is C10H9N2-. The first-order valence-corrected chi connectivity index (χ1v) is 3.85. The van der Waals surface area contributed by atoms with Gasteiger partial charge in [0.1, 0.15) is 0 Å². The van der Waals surface area contributed by atoms with E-state index in [0.29, 0.717) is 0 Å². The maximum absolute atomic E-state index is 4.16. The van der Waals surface area contributed by atoms with Gasteiger partial charge in [0, 0.05) is 0 Å². The highest BCUT2D eigenvalue weighted by Gasteiger charge is 1.89. The van der Waals surface area contributed by atoms with Crippen molar-refractivity contribution in [2.24, 2.45) is 0 Å². The molecule has 0 radical (unpaired) electrons. The zero-order chi connectivity index (χ0) is 8.39. The predicted molar refractivity (Wildman–Crippen MR) is 50.7 cm³/mol. The number of rotatable bonds is 1. The van der Waals surface area contributed by atoms with Gasteiger partial charge in [-0.25, -0.2) is 0 Å². The van der Waals surface area contributed by atoms with Crippen LogP contribution in [0.4, 0.5) is 5.82 Å². The number of aromatic nitrogens is 1. The zero-order valence-corrected chi connectivity index (χ0v) is 6.86. The van der Waals surface area contributed by atoms with Gasteiger partial charge in [-0.05, 0) is 10.8 Å². The van der Waals surface area contributed by atoms with Crippen LogP contribution in [0.2, 0.25) is 0 Å². The Kier molecular flexibility index (Phi) is 1.67. The summed E-state index contributed by atoms with van der Waals surface area (Å²) < 4.78 is 0. The van der Waals surface area contributed by atoms with Crippen molar-refractivity contribution in [2.45, 2.75) is 0 Å². The molecule has 0 aliphatic carbocycles. The van der Waals surface area contributed by atoms with Gasteiger partial charge >= 0.3 is 0 Å². The van der Waals surface area contributed by atoms with Crippen LogP contribution in [-0.2, 0) is 0 Å². The molecule has 12 heavy (non-hydrogen) atoms. The molecule has 0 aliphatic rings. The molecule has 0 bridgehead atoms. The van der Waals surface area contributed by atoms with Crippen LogP contribution in [0.25, 0.3) is 16.1 Å². The van der Waals surface area contributed by atoms with E-state index in [2.05, 4.69) is 16.4 Å². The molecule has 0 saturated carbocycles. The summed E-state index contributed by atoms with van der Waals surface area (Å²) in [6.45, 7) is 0. The second-order valence-corrected chi connectivity index (χ2v) is 2.58. The molecule has 0 spiro atoms. The Balaban J connectivity index is 2.79. The van der Waals surface area contributed by atoms with Crippen LogP contribution in [0.1, 0.15) is 0 Å². The van der Waals surface area contributed by atoms with Gasteiger partial charge in [0.15, 0.2) is 0 Å². The molecule has 2 heteroatoms. The van der Waals surface area contributed by atoms with Gasteiger partial charge < -0.3 is 10.3 Å². The third-order valence-electron chi connectivity index (χ3n) is 1.86. The highest BCUT2D eigenvalue weighted by molar-refractivity contribution is 5.92. The molecule has 2 rings (SSSR count). The summed E-state index contributed by atoms with van der Waals surface area (Å²) in [5.41, 5.74) is 0. The fraction of sp³-hybridized carbons (Fsp3) is 0.100. The van der Waals surface area contributed by atoms with Crippen molar-refractivity contribution in [2.75, 3.05) is 7.05 Å². The molecule has 0 atom stereocenters. The quantitative estimate of drug-likeness (QED) is 0.625. The molecule has 1 heterocycles. The van der Waals surface area contributed by atoms with Crippen LogP contribution in [0.3, 0.4) is 0 Å². The van der Waals surface area contributed by atoms with Crippen molar-refractivity contribution in [1.82, 2.24) is 4.98 Å². The van der Waals surface area contributed by atoms with Gasteiger partial charge in [-0.15, -0.1) is 0 Å². The third kappa shape index (κ3) is 1.01. The molecule has 2 aromatic rings.